The summed E-state index contributed by atoms with van der Waals surface area (Å²) in [7, 11) is -10.9. The number of alkyl halides is 3. The molecule has 13 nitrogen and oxygen atoms in total. The van der Waals surface area contributed by atoms with Crippen LogP contribution in [0.25, 0.3) is 5.57 Å². The molecule has 0 bridgehead atoms. The maximum atomic E-state index is 14.4. The van der Waals surface area contributed by atoms with Crippen molar-refractivity contribution in [1.82, 2.24) is 24.7 Å². The smallest absolute Gasteiger partial charge is 0.380 e. The van der Waals surface area contributed by atoms with Gasteiger partial charge in [-0.2, -0.15) is 13.2 Å². The highest BCUT2D eigenvalue weighted by Gasteiger charge is 2.49. The van der Waals surface area contributed by atoms with Gasteiger partial charge in [0.2, 0.25) is 0 Å². The van der Waals surface area contributed by atoms with Gasteiger partial charge in [-0.15, -0.1) is 24.2 Å². The van der Waals surface area contributed by atoms with E-state index in [1.54, 1.807) is 12.1 Å². The average Bonchev–Trinajstić information content (AvgIpc) is 3.37. The van der Waals surface area contributed by atoms with Crippen molar-refractivity contribution in [2.45, 2.75) is 83.7 Å². The third kappa shape index (κ3) is 14.2. The van der Waals surface area contributed by atoms with E-state index in [0.717, 1.165) is 138 Å². The summed E-state index contributed by atoms with van der Waals surface area (Å²) in [6, 6.07) is 26.1. The minimum absolute atomic E-state index is 0. The van der Waals surface area contributed by atoms with Crippen LogP contribution in [0.3, 0.4) is 0 Å². The predicted molar refractivity (Wildman–Crippen MR) is 294 cm³/mol. The summed E-state index contributed by atoms with van der Waals surface area (Å²) in [6.07, 6.45) is 6.65. The van der Waals surface area contributed by atoms with E-state index in [4.69, 9.17) is 16.3 Å². The number of amides is 1. The molecule has 3 heterocycles. The summed E-state index contributed by atoms with van der Waals surface area (Å²) in [6.45, 7) is 14.2. The Morgan fingerprint density at radius 1 is 0.853 bits per heavy atom. The third-order valence-electron chi connectivity index (χ3n) is 15.4. The molecule has 3 saturated heterocycles. The third-order valence-corrected chi connectivity index (χ3v) is 19.6. The first-order chi connectivity index (χ1) is 35.4. The van der Waals surface area contributed by atoms with Crippen LogP contribution in [-0.4, -0.2) is 152 Å². The number of sulfone groups is 1. The highest BCUT2D eigenvalue weighted by Crippen LogP contribution is 2.44. The van der Waals surface area contributed by atoms with Crippen molar-refractivity contribution in [3.8, 4) is 0 Å². The van der Waals surface area contributed by atoms with Crippen LogP contribution >= 0.6 is 35.8 Å². The first-order valence-corrected chi connectivity index (χ1v) is 30.0. The number of piperazine rings is 2. The topological polar surface area (TPSA) is 144 Å². The van der Waals surface area contributed by atoms with Gasteiger partial charge in [0.25, 0.3) is 25.8 Å². The monoisotopic (exact) mass is 1130 g/mol. The van der Waals surface area contributed by atoms with Crippen molar-refractivity contribution in [1.29, 1.82) is 0 Å². The lowest BCUT2D eigenvalue weighted by atomic mass is 9.71. The van der Waals surface area contributed by atoms with Crippen LogP contribution in [0.1, 0.15) is 67.8 Å². The number of allylic oxidation sites excluding steroid dienone is 1. The van der Waals surface area contributed by atoms with E-state index in [2.05, 4.69) is 49.3 Å². The summed E-state index contributed by atoms with van der Waals surface area (Å²) >= 11 is 7.76. The second kappa shape index (κ2) is 24.4. The number of ether oxygens (including phenoxy) is 1. The van der Waals surface area contributed by atoms with E-state index in [9.17, 15) is 34.8 Å². The van der Waals surface area contributed by atoms with Crippen LogP contribution in [0, 0.1) is 5.41 Å². The van der Waals surface area contributed by atoms with Crippen LogP contribution in [0.15, 0.2) is 117 Å². The maximum Gasteiger partial charge on any atom is 0.501 e. The fourth-order valence-corrected chi connectivity index (χ4v) is 14.2. The summed E-state index contributed by atoms with van der Waals surface area (Å²) in [5.74, 6) is -0.645. The zero-order valence-corrected chi connectivity index (χ0v) is 46.3. The zero-order valence-electron chi connectivity index (χ0n) is 42.3. The van der Waals surface area contributed by atoms with Crippen LogP contribution < -0.4 is 20.3 Å². The van der Waals surface area contributed by atoms with Gasteiger partial charge in [-0.05, 0) is 128 Å². The number of hydrogen-bond acceptors (Lipinski definition) is 13. The molecule has 408 valence electrons. The molecule has 4 aromatic rings. The van der Waals surface area contributed by atoms with E-state index >= 15 is 0 Å². The highest BCUT2D eigenvalue weighted by molar-refractivity contribution is 7.99. The van der Waals surface area contributed by atoms with E-state index in [0.29, 0.717) is 37.9 Å². The van der Waals surface area contributed by atoms with E-state index in [1.807, 2.05) is 47.2 Å². The summed E-state index contributed by atoms with van der Waals surface area (Å²) in [4.78, 5) is 22.0. The minimum Gasteiger partial charge on any atom is -0.380 e. The van der Waals surface area contributed by atoms with Crippen molar-refractivity contribution < 1.29 is 39.5 Å². The number of rotatable bonds is 18. The lowest BCUT2D eigenvalue weighted by molar-refractivity contribution is -0.151. The standard InChI is InChI=1S/C54H67ClF3N7O6S3.ClH/c1-52(38-64-26-23-59-24-27-64)22-18-48(40-8-12-43(55)13-9-40)42(35-52)36-62-28-30-65(31-29-62)45-14-10-41(11-15-45)51(66)61-74(69,70)47-16-17-49(50(34-47)73(67,68)54(56,57)58)60-44(37-72-46-6-3-2-4-7-46)19-25-63-32-33-71-53(39-63)20-5-21-53;/h2-4,6-17,34,44,59-60H,5,18-33,35-39H2,1H3,(H,61,66);1H/t44-,52-;/m1./s1. The number of benzene rings is 4. The predicted octanol–water partition coefficient (Wildman–Crippen LogP) is 9.06. The van der Waals surface area contributed by atoms with Crippen molar-refractivity contribution in [3.05, 3.63) is 119 Å². The van der Waals surface area contributed by atoms with Gasteiger partial charge in [-0.1, -0.05) is 54.4 Å². The Kier molecular flexibility index (Phi) is 18.7. The van der Waals surface area contributed by atoms with E-state index in [-0.39, 0.29) is 29.0 Å². The molecule has 3 N–H and O–H groups in total. The fourth-order valence-electron chi connectivity index (χ4n) is 11.1. The van der Waals surface area contributed by atoms with Crippen LogP contribution in [0.5, 0.6) is 0 Å². The molecule has 1 spiro atoms. The number of carbonyl (C=O) groups is 1. The Hall–Kier alpha value is -3.89. The molecule has 21 heteroatoms. The summed E-state index contributed by atoms with van der Waals surface area (Å²) in [5, 5.41) is 7.24. The second-order valence-electron chi connectivity index (χ2n) is 20.9. The number of nitrogens with one attached hydrogen (secondary N) is 3. The average molecular weight is 1140 g/mol. The van der Waals surface area contributed by atoms with Crippen LogP contribution in [0.4, 0.5) is 24.5 Å². The minimum atomic E-state index is -6.07. The van der Waals surface area contributed by atoms with Gasteiger partial charge < -0.3 is 25.2 Å². The first-order valence-electron chi connectivity index (χ1n) is 25.7. The summed E-state index contributed by atoms with van der Waals surface area (Å²) < 4.78 is 105. The van der Waals surface area contributed by atoms with Gasteiger partial charge in [-0.25, -0.2) is 21.6 Å². The molecule has 5 aliphatic rings. The van der Waals surface area contributed by atoms with Crippen molar-refractivity contribution in [2.24, 2.45) is 5.41 Å². The first kappa shape index (κ1) is 57.3. The quantitative estimate of drug-likeness (QED) is 0.0817. The van der Waals surface area contributed by atoms with E-state index in [1.165, 1.54) is 40.6 Å². The molecule has 0 aromatic heterocycles. The van der Waals surface area contributed by atoms with Crippen molar-refractivity contribution >= 4 is 78.5 Å². The number of sulfonamides is 1. The largest absolute Gasteiger partial charge is 0.501 e. The van der Waals surface area contributed by atoms with Gasteiger partial charge >= 0.3 is 5.51 Å². The highest BCUT2D eigenvalue weighted by atomic mass is 35.5. The molecular weight excluding hydrogens is 1070 g/mol. The van der Waals surface area contributed by atoms with Crippen LogP contribution in [-0.2, 0) is 24.6 Å². The number of halogens is 5. The normalized spacial score (nSPS) is 21.5. The maximum absolute atomic E-state index is 14.4. The molecule has 0 unspecified atom stereocenters. The van der Waals surface area contributed by atoms with Crippen LogP contribution in [0.2, 0.25) is 5.02 Å². The van der Waals surface area contributed by atoms with Crippen molar-refractivity contribution in [3.63, 3.8) is 0 Å². The van der Waals surface area contributed by atoms with Gasteiger partial charge in [0, 0.05) is 118 Å². The number of hydrogen-bond donors (Lipinski definition) is 3. The van der Waals surface area contributed by atoms with Crippen molar-refractivity contribution in [2.75, 3.05) is 108 Å². The zero-order chi connectivity index (χ0) is 52.1. The molecule has 4 fully saturated rings. The Balaban J connectivity index is 0.00000747. The van der Waals surface area contributed by atoms with Gasteiger partial charge in [-0.3, -0.25) is 14.6 Å². The Labute approximate surface area is 455 Å². The Morgan fingerprint density at radius 3 is 2.23 bits per heavy atom. The fraction of sp³-hybridized carbons (Fsp3) is 0.500. The Morgan fingerprint density at radius 2 is 1.56 bits per heavy atom. The lowest BCUT2D eigenvalue weighted by Gasteiger charge is -2.48. The van der Waals surface area contributed by atoms with Gasteiger partial charge in [0.05, 0.1) is 22.8 Å². The number of nitrogens with zero attached hydrogens (tertiary/aromatic N) is 4. The molecule has 2 aliphatic carbocycles. The molecule has 3 aliphatic heterocycles. The second-order valence-corrected chi connectivity index (χ2v) is 26.0. The van der Waals surface area contributed by atoms with Gasteiger partial charge in [0.1, 0.15) is 4.90 Å². The number of carbonyl (C=O) groups excluding carboxylic acids is 1. The molecule has 0 radical (unpaired) electrons. The molecule has 75 heavy (non-hydrogen) atoms. The molecule has 4 aromatic carbocycles. The number of thioether (sulfide) groups is 1. The number of morpholine rings is 1. The Bertz CT molecular complexity index is 2850. The summed E-state index contributed by atoms with van der Waals surface area (Å²) in [5.41, 5.74) is -1.17. The molecule has 1 amide bonds. The van der Waals surface area contributed by atoms with E-state index < -0.39 is 52.8 Å². The van der Waals surface area contributed by atoms with Gasteiger partial charge in [0.15, 0.2) is 0 Å². The molecule has 2 atom stereocenters. The SMILES string of the molecule is C[C@@]1(CN2CCNCC2)CCC(c2ccc(Cl)cc2)=C(CN2CCN(c3ccc(C(=O)NS(=O)(=O)c4ccc(N[C@H](CCN5CCOC6(CCC6)C5)CSc5ccccc5)c(S(=O)(=O)C(F)(F)F)c4)cc3)CC2)C1.Cl. The molecule has 9 rings (SSSR count). The number of anilines is 2. The molecular formula is C54H68Cl2F3N7O6S3. The lowest BCUT2D eigenvalue weighted by Crippen LogP contribution is -2.56. The molecule has 1 saturated carbocycles.